The molecule has 36 heavy (non-hydrogen) atoms. The SMILES string of the molecule is C=C1CC[C@H]2C(C)(C)[C@H](O)CC[C@]2(C)C1C[C@@H]1CCC(=C)[C@H](CC/C(C)=C/COC=O)[C@@]1(C)C(=O)O. The van der Waals surface area contributed by atoms with Crippen LogP contribution in [-0.4, -0.2) is 35.4 Å². The predicted octanol–water partition coefficient (Wildman–Crippen LogP) is 6.72. The highest BCUT2D eigenvalue weighted by molar-refractivity contribution is 5.76. The summed E-state index contributed by atoms with van der Waals surface area (Å²) in [6.07, 6.45) is 9.40. The molecule has 3 aliphatic carbocycles. The highest BCUT2D eigenvalue weighted by Gasteiger charge is 2.58. The van der Waals surface area contributed by atoms with Gasteiger partial charge in [-0.15, -0.1) is 0 Å². The van der Waals surface area contributed by atoms with Gasteiger partial charge >= 0.3 is 5.97 Å². The maximum absolute atomic E-state index is 13.0. The molecule has 3 saturated carbocycles. The molecule has 0 amide bonds. The van der Waals surface area contributed by atoms with Crippen molar-refractivity contribution >= 4 is 12.4 Å². The molecule has 5 nitrogen and oxygen atoms in total. The molecule has 1 unspecified atom stereocenters. The molecule has 5 heteroatoms. The van der Waals surface area contributed by atoms with Crippen LogP contribution < -0.4 is 0 Å². The van der Waals surface area contributed by atoms with Gasteiger partial charge in [-0.05, 0) is 112 Å². The Morgan fingerprint density at radius 3 is 2.36 bits per heavy atom. The molecule has 3 aliphatic rings. The fraction of sp³-hybridized carbons (Fsp3) is 0.742. The van der Waals surface area contributed by atoms with E-state index in [0.29, 0.717) is 12.4 Å². The average molecular weight is 501 g/mol. The van der Waals surface area contributed by atoms with Crippen molar-refractivity contribution in [1.29, 1.82) is 0 Å². The summed E-state index contributed by atoms with van der Waals surface area (Å²) in [4.78, 5) is 23.4. The zero-order valence-electron chi connectivity index (χ0n) is 23.1. The van der Waals surface area contributed by atoms with Crippen LogP contribution in [0.2, 0.25) is 0 Å². The number of carbonyl (C=O) groups is 2. The smallest absolute Gasteiger partial charge is 0.310 e. The van der Waals surface area contributed by atoms with Gasteiger partial charge < -0.3 is 14.9 Å². The number of allylic oxidation sites excluding steroid dienone is 3. The Hall–Kier alpha value is -1.88. The second-order valence-electron chi connectivity index (χ2n) is 13.0. The van der Waals surface area contributed by atoms with Crippen molar-refractivity contribution in [3.05, 3.63) is 36.0 Å². The van der Waals surface area contributed by atoms with Crippen molar-refractivity contribution in [2.24, 2.45) is 39.9 Å². The lowest BCUT2D eigenvalue weighted by Crippen LogP contribution is -2.56. The van der Waals surface area contributed by atoms with Crippen LogP contribution in [0.3, 0.4) is 0 Å². The van der Waals surface area contributed by atoms with E-state index in [1.54, 1.807) is 0 Å². The van der Waals surface area contributed by atoms with E-state index in [-0.39, 0.29) is 41.3 Å². The summed E-state index contributed by atoms with van der Waals surface area (Å²) in [5, 5.41) is 21.5. The number of aliphatic hydroxyl groups is 1. The minimum Gasteiger partial charge on any atom is -0.481 e. The van der Waals surface area contributed by atoms with Crippen LogP contribution in [0.1, 0.15) is 92.4 Å². The van der Waals surface area contributed by atoms with Crippen molar-refractivity contribution < 1.29 is 24.5 Å². The second kappa shape index (κ2) is 10.8. The van der Waals surface area contributed by atoms with Crippen molar-refractivity contribution in [2.75, 3.05) is 6.61 Å². The lowest BCUT2D eigenvalue weighted by atomic mass is 9.45. The van der Waals surface area contributed by atoms with Crippen molar-refractivity contribution in [3.63, 3.8) is 0 Å². The molecular formula is C31H48O5. The average Bonchev–Trinajstić information content (AvgIpc) is 2.80. The first kappa shape index (κ1) is 28.7. The normalized spacial score (nSPS) is 38.8. The molecule has 0 aliphatic heterocycles. The van der Waals surface area contributed by atoms with E-state index in [2.05, 4.69) is 33.9 Å². The number of carbonyl (C=O) groups excluding carboxylic acids is 1. The van der Waals surface area contributed by atoms with Crippen LogP contribution in [0.25, 0.3) is 0 Å². The van der Waals surface area contributed by atoms with E-state index in [9.17, 15) is 19.8 Å². The number of hydrogen-bond acceptors (Lipinski definition) is 4. The van der Waals surface area contributed by atoms with Gasteiger partial charge in [0.2, 0.25) is 0 Å². The number of aliphatic carboxylic acids is 1. The molecule has 3 fully saturated rings. The first-order valence-corrected chi connectivity index (χ1v) is 13.8. The molecule has 202 valence electrons. The molecule has 0 saturated heterocycles. The van der Waals surface area contributed by atoms with Crippen LogP contribution in [0.15, 0.2) is 36.0 Å². The van der Waals surface area contributed by atoms with E-state index in [4.69, 9.17) is 4.74 Å². The summed E-state index contributed by atoms with van der Waals surface area (Å²) in [5.41, 5.74) is 2.40. The summed E-state index contributed by atoms with van der Waals surface area (Å²) < 4.78 is 4.79. The fourth-order valence-corrected chi connectivity index (χ4v) is 8.32. The van der Waals surface area contributed by atoms with Crippen LogP contribution in [0, 0.1) is 39.9 Å². The first-order chi connectivity index (χ1) is 16.8. The summed E-state index contributed by atoms with van der Waals surface area (Å²) in [6, 6.07) is 0. The van der Waals surface area contributed by atoms with Gasteiger partial charge in [-0.2, -0.15) is 0 Å². The number of hydrogen-bond donors (Lipinski definition) is 2. The number of rotatable bonds is 9. The Bertz CT molecular complexity index is 901. The van der Waals surface area contributed by atoms with Crippen LogP contribution >= 0.6 is 0 Å². The fourth-order valence-electron chi connectivity index (χ4n) is 8.32. The molecule has 0 bridgehead atoms. The van der Waals surface area contributed by atoms with Crippen molar-refractivity contribution in [2.45, 2.75) is 98.5 Å². The Labute approximate surface area is 218 Å². The van der Waals surface area contributed by atoms with Crippen LogP contribution in [0.5, 0.6) is 0 Å². The predicted molar refractivity (Wildman–Crippen MR) is 143 cm³/mol. The van der Waals surface area contributed by atoms with Crippen LogP contribution in [0.4, 0.5) is 0 Å². The molecular weight excluding hydrogens is 452 g/mol. The molecule has 0 heterocycles. The zero-order chi connectivity index (χ0) is 26.9. The second-order valence-corrected chi connectivity index (χ2v) is 13.0. The van der Waals surface area contributed by atoms with Gasteiger partial charge in [0.1, 0.15) is 6.61 Å². The number of fused-ring (bicyclic) bond motifs is 1. The summed E-state index contributed by atoms with van der Waals surface area (Å²) in [5.74, 6) is -0.127. The Morgan fingerprint density at radius 2 is 1.72 bits per heavy atom. The van der Waals surface area contributed by atoms with Crippen molar-refractivity contribution in [3.8, 4) is 0 Å². The largest absolute Gasteiger partial charge is 0.481 e. The van der Waals surface area contributed by atoms with E-state index < -0.39 is 11.4 Å². The van der Waals surface area contributed by atoms with E-state index in [0.717, 1.165) is 68.9 Å². The summed E-state index contributed by atoms with van der Waals surface area (Å²) in [7, 11) is 0. The topological polar surface area (TPSA) is 83.8 Å². The Kier molecular flexibility index (Phi) is 8.65. The molecule has 2 N–H and O–H groups in total. The number of aliphatic hydroxyl groups excluding tert-OH is 1. The zero-order valence-corrected chi connectivity index (χ0v) is 23.1. The molecule has 0 spiro atoms. The molecule has 0 aromatic carbocycles. The highest BCUT2D eigenvalue weighted by Crippen LogP contribution is 2.63. The summed E-state index contributed by atoms with van der Waals surface area (Å²) in [6.45, 7) is 20.3. The lowest BCUT2D eigenvalue weighted by Gasteiger charge is -2.60. The van der Waals surface area contributed by atoms with E-state index >= 15 is 0 Å². The third kappa shape index (κ3) is 5.10. The van der Waals surface area contributed by atoms with Gasteiger partial charge in [0.25, 0.3) is 6.47 Å². The lowest BCUT2D eigenvalue weighted by molar-refractivity contribution is -0.160. The van der Waals surface area contributed by atoms with Crippen LogP contribution in [-0.2, 0) is 14.3 Å². The maximum Gasteiger partial charge on any atom is 0.310 e. The van der Waals surface area contributed by atoms with E-state index in [1.165, 1.54) is 5.57 Å². The first-order valence-electron chi connectivity index (χ1n) is 13.8. The maximum atomic E-state index is 13.0. The molecule has 0 radical (unpaired) electrons. The minimum atomic E-state index is -0.887. The van der Waals surface area contributed by atoms with Gasteiger partial charge in [-0.25, -0.2) is 0 Å². The van der Waals surface area contributed by atoms with Gasteiger partial charge in [-0.3, -0.25) is 9.59 Å². The molecule has 7 atom stereocenters. The number of carboxylic acid groups (broad SMARTS) is 1. The van der Waals surface area contributed by atoms with Gasteiger partial charge in [0.05, 0.1) is 11.5 Å². The third-order valence-corrected chi connectivity index (χ3v) is 10.8. The number of ether oxygens (including phenoxy) is 1. The van der Waals surface area contributed by atoms with E-state index in [1.807, 2.05) is 19.9 Å². The van der Waals surface area contributed by atoms with Gasteiger partial charge in [0, 0.05) is 0 Å². The van der Waals surface area contributed by atoms with Gasteiger partial charge in [-0.1, -0.05) is 50.6 Å². The highest BCUT2D eigenvalue weighted by atomic mass is 16.5. The Morgan fingerprint density at radius 1 is 1.08 bits per heavy atom. The summed E-state index contributed by atoms with van der Waals surface area (Å²) >= 11 is 0. The van der Waals surface area contributed by atoms with Crippen molar-refractivity contribution in [1.82, 2.24) is 0 Å². The van der Waals surface area contributed by atoms with Gasteiger partial charge in [0.15, 0.2) is 0 Å². The third-order valence-electron chi connectivity index (χ3n) is 10.8. The Balaban J connectivity index is 1.87. The monoisotopic (exact) mass is 500 g/mol. The minimum absolute atomic E-state index is 0.0271. The molecule has 0 aromatic heterocycles. The molecule has 0 aromatic rings. The standard InChI is InChI=1S/C31H48O5/c1-20(15-17-36-19-32)8-12-24-21(2)9-11-23(31(24,7)28(34)35)18-25-22(3)10-13-26-29(4,5)27(33)14-16-30(25,26)6/h15,19,23-27,33H,2-3,8-14,16-18H2,1,4-7H3,(H,34,35)/b20-15+/t23-,24-,25?,26-,27+,30+,31-/m0/s1. The number of carboxylic acids is 1. The quantitative estimate of drug-likeness (QED) is 0.209. The molecule has 3 rings (SSSR count).